The predicted octanol–water partition coefficient (Wildman–Crippen LogP) is 4.94. The molecule has 0 aliphatic rings. The molecular formula is C25H15ClF6N6O3. The Morgan fingerprint density at radius 1 is 1.07 bits per heavy atom. The monoisotopic (exact) mass is 596 g/mol. The summed E-state index contributed by atoms with van der Waals surface area (Å²) in [6.45, 7) is -0.486. The summed E-state index contributed by atoms with van der Waals surface area (Å²) in [6.07, 6.45) is -9.16. The van der Waals surface area contributed by atoms with Crippen LogP contribution in [0.25, 0.3) is 11.1 Å². The van der Waals surface area contributed by atoms with Crippen molar-refractivity contribution in [3.63, 3.8) is 0 Å². The van der Waals surface area contributed by atoms with E-state index in [9.17, 15) is 35.9 Å². The number of benzene rings is 2. The van der Waals surface area contributed by atoms with Gasteiger partial charge in [-0.2, -0.15) is 36.7 Å². The lowest BCUT2D eigenvalue weighted by atomic mass is 10.0. The lowest BCUT2D eigenvalue weighted by Gasteiger charge is -2.16. The van der Waals surface area contributed by atoms with E-state index in [-0.39, 0.29) is 38.7 Å². The van der Waals surface area contributed by atoms with E-state index < -0.39 is 47.5 Å². The van der Waals surface area contributed by atoms with Gasteiger partial charge < -0.3 is 10.5 Å². The smallest absolute Gasteiger partial charge is 0.437 e. The lowest BCUT2D eigenvalue weighted by Crippen LogP contribution is -2.28. The first kappa shape index (κ1) is 29.3. The van der Waals surface area contributed by atoms with Crippen molar-refractivity contribution < 1.29 is 31.1 Å². The molecule has 0 aliphatic heterocycles. The molecule has 0 saturated heterocycles. The van der Waals surface area contributed by atoms with E-state index in [1.54, 1.807) is 6.07 Å². The number of aromatic amines is 1. The zero-order valence-electron chi connectivity index (χ0n) is 20.2. The van der Waals surface area contributed by atoms with Crippen LogP contribution in [0.2, 0.25) is 5.02 Å². The minimum absolute atomic E-state index is 0.0141. The Hall–Kier alpha value is -4.68. The number of halogens is 7. The molecule has 212 valence electrons. The number of hydrogen-bond acceptors (Lipinski definition) is 7. The molecule has 16 heteroatoms. The van der Waals surface area contributed by atoms with Crippen molar-refractivity contribution in [2.45, 2.75) is 24.9 Å². The summed E-state index contributed by atoms with van der Waals surface area (Å²) < 4.78 is 85.6. The zero-order valence-corrected chi connectivity index (χ0v) is 21.0. The maximum atomic E-state index is 13.7. The summed E-state index contributed by atoms with van der Waals surface area (Å²) in [5, 5.41) is 15.0. The zero-order chi connectivity index (χ0) is 30.1. The minimum atomic E-state index is -5.09. The Morgan fingerprint density at radius 2 is 1.76 bits per heavy atom. The Balaban J connectivity index is 1.71. The van der Waals surface area contributed by atoms with E-state index in [2.05, 4.69) is 15.2 Å². The average molecular weight is 597 g/mol. The highest BCUT2D eigenvalue weighted by atomic mass is 35.5. The molecule has 0 amide bonds. The molecule has 3 N–H and O–H groups in total. The van der Waals surface area contributed by atoms with Gasteiger partial charge in [-0.3, -0.25) is 14.2 Å². The third kappa shape index (κ3) is 6.56. The predicted molar refractivity (Wildman–Crippen MR) is 132 cm³/mol. The summed E-state index contributed by atoms with van der Waals surface area (Å²) >= 11 is 5.88. The van der Waals surface area contributed by atoms with Crippen molar-refractivity contribution in [1.82, 2.24) is 19.7 Å². The Labute approximate surface area is 230 Å². The van der Waals surface area contributed by atoms with Crippen molar-refractivity contribution in [1.29, 1.82) is 5.26 Å². The summed E-state index contributed by atoms with van der Waals surface area (Å²) in [5.74, 6) is -1.53. The summed E-state index contributed by atoms with van der Waals surface area (Å²) in [7, 11) is 0. The van der Waals surface area contributed by atoms with Gasteiger partial charge in [-0.05, 0) is 35.4 Å². The first-order valence-electron chi connectivity index (χ1n) is 11.2. The van der Waals surface area contributed by atoms with Crippen LogP contribution in [0, 0.1) is 11.3 Å². The van der Waals surface area contributed by atoms with Gasteiger partial charge in [-0.15, -0.1) is 0 Å². The number of rotatable bonds is 6. The number of ether oxygens (including phenoxy) is 1. The van der Waals surface area contributed by atoms with Gasteiger partial charge in [-0.25, -0.2) is 10.1 Å². The first-order chi connectivity index (χ1) is 19.2. The van der Waals surface area contributed by atoms with E-state index in [0.29, 0.717) is 6.33 Å². The van der Waals surface area contributed by atoms with Crippen molar-refractivity contribution in [2.75, 3.05) is 0 Å². The fraction of sp³-hybridized carbons (Fsp3) is 0.160. The molecule has 4 aromatic rings. The van der Waals surface area contributed by atoms with Gasteiger partial charge in [0.1, 0.15) is 11.8 Å². The Bertz CT molecular complexity index is 1760. The molecule has 1 atom stereocenters. The Morgan fingerprint density at radius 3 is 2.37 bits per heavy atom. The maximum absolute atomic E-state index is 13.7. The number of nitrogens with zero attached hydrogens (tertiary/aromatic N) is 4. The van der Waals surface area contributed by atoms with Crippen molar-refractivity contribution in [2.24, 2.45) is 5.73 Å². The van der Waals surface area contributed by atoms with Crippen LogP contribution >= 0.6 is 11.6 Å². The molecule has 2 aromatic carbocycles. The topological polar surface area (TPSA) is 140 Å². The minimum Gasteiger partial charge on any atom is -0.449 e. The van der Waals surface area contributed by atoms with Crippen molar-refractivity contribution in [3.05, 3.63) is 103 Å². The van der Waals surface area contributed by atoms with E-state index >= 15 is 0 Å². The second kappa shape index (κ2) is 11.1. The van der Waals surface area contributed by atoms with Crippen molar-refractivity contribution in [3.8, 4) is 28.7 Å². The third-order valence-electron chi connectivity index (χ3n) is 5.61. The molecule has 2 heterocycles. The van der Waals surface area contributed by atoms with E-state index in [4.69, 9.17) is 27.3 Å². The highest BCUT2D eigenvalue weighted by Crippen LogP contribution is 2.35. The molecule has 0 radical (unpaired) electrons. The number of H-pyrrole nitrogens is 1. The van der Waals surface area contributed by atoms with Crippen LogP contribution in [0.4, 0.5) is 26.3 Å². The van der Waals surface area contributed by atoms with E-state index in [1.807, 2.05) is 0 Å². The van der Waals surface area contributed by atoms with Crippen LogP contribution in [0.3, 0.4) is 0 Å². The van der Waals surface area contributed by atoms with E-state index in [1.165, 1.54) is 24.3 Å². The number of nitrogens with one attached hydrogen (secondary N) is 1. The van der Waals surface area contributed by atoms with Gasteiger partial charge in [0.05, 0.1) is 35.8 Å². The molecule has 2 aromatic heterocycles. The van der Waals surface area contributed by atoms with Gasteiger partial charge in [0.15, 0.2) is 5.69 Å². The molecule has 4 rings (SSSR count). The molecular weight excluding hydrogens is 582 g/mol. The second-order valence-corrected chi connectivity index (χ2v) is 8.92. The number of nitrogens with two attached hydrogens (primary N) is 1. The first-order valence-corrected chi connectivity index (χ1v) is 11.6. The second-order valence-electron chi connectivity index (χ2n) is 8.49. The quantitative estimate of drug-likeness (QED) is 0.301. The molecule has 0 fully saturated rings. The standard InChI is InChI=1S/C25H15ClF6N6O3/c26-15-5-12(9-33)6-17(7-15)41-19-21(25(30,31)32)35-11-38(23(19)40)10-16-8-18(22(39)37-36-16)13-1-3-14(4-2-13)20(34)24(27,28)29/h1-8,11,20H,10,34H2,(H,37,39). The normalized spacial score (nSPS) is 12.6. The van der Waals surface area contributed by atoms with Crippen LogP contribution in [-0.2, 0) is 12.7 Å². The number of aromatic nitrogens is 4. The Kier molecular flexibility index (Phi) is 7.91. The molecule has 1 unspecified atom stereocenters. The van der Waals surface area contributed by atoms with Crippen LogP contribution in [-0.4, -0.2) is 25.9 Å². The number of hydrogen-bond donors (Lipinski definition) is 2. The van der Waals surface area contributed by atoms with Gasteiger partial charge >= 0.3 is 12.4 Å². The average Bonchev–Trinajstić information content (AvgIpc) is 2.90. The molecule has 9 nitrogen and oxygen atoms in total. The summed E-state index contributed by atoms with van der Waals surface area (Å²) in [4.78, 5) is 28.8. The largest absolute Gasteiger partial charge is 0.449 e. The van der Waals surface area contributed by atoms with Crippen molar-refractivity contribution >= 4 is 11.6 Å². The van der Waals surface area contributed by atoms with Gasteiger partial charge in [-0.1, -0.05) is 35.9 Å². The van der Waals surface area contributed by atoms with E-state index in [0.717, 1.165) is 28.8 Å². The highest BCUT2D eigenvalue weighted by molar-refractivity contribution is 6.30. The third-order valence-corrected chi connectivity index (χ3v) is 5.83. The summed E-state index contributed by atoms with van der Waals surface area (Å²) in [6, 6.07) is 8.78. The summed E-state index contributed by atoms with van der Waals surface area (Å²) in [5.41, 5.74) is 1.40. The lowest BCUT2D eigenvalue weighted by molar-refractivity contribution is -0.149. The molecule has 0 spiro atoms. The molecule has 0 bridgehead atoms. The maximum Gasteiger partial charge on any atom is 0.437 e. The SMILES string of the molecule is N#Cc1cc(Cl)cc(Oc2c(C(F)(F)F)ncn(Cc3cc(-c4ccc(C(N)C(F)(F)F)cc4)c(=O)[nH]n3)c2=O)c1. The fourth-order valence-corrected chi connectivity index (χ4v) is 3.88. The van der Waals surface area contributed by atoms with Gasteiger partial charge in [0, 0.05) is 5.02 Å². The fourth-order valence-electron chi connectivity index (χ4n) is 3.66. The highest BCUT2D eigenvalue weighted by Gasteiger charge is 2.39. The number of alkyl halides is 6. The van der Waals surface area contributed by atoms with Crippen LogP contribution in [0.5, 0.6) is 11.5 Å². The van der Waals surface area contributed by atoms with Gasteiger partial charge in [0.25, 0.3) is 11.1 Å². The molecule has 0 aliphatic carbocycles. The number of nitriles is 1. The van der Waals surface area contributed by atoms with Crippen LogP contribution in [0.15, 0.2) is 64.4 Å². The van der Waals surface area contributed by atoms with Gasteiger partial charge in [0.2, 0.25) is 5.75 Å². The molecule has 0 saturated carbocycles. The van der Waals surface area contributed by atoms with Crippen LogP contribution in [0.1, 0.15) is 28.6 Å². The molecule has 41 heavy (non-hydrogen) atoms. The van der Waals surface area contributed by atoms with Crippen LogP contribution < -0.4 is 21.6 Å².